The third kappa shape index (κ3) is 3.14. The van der Waals surface area contributed by atoms with E-state index < -0.39 is 0 Å². The molecule has 20 heavy (non-hydrogen) atoms. The average molecular weight is 289 g/mol. The molecule has 106 valence electrons. The topological polar surface area (TPSA) is 15.3 Å². The van der Waals surface area contributed by atoms with E-state index in [1.807, 2.05) is 13.1 Å². The van der Waals surface area contributed by atoms with Crippen molar-refractivity contribution in [3.63, 3.8) is 0 Å². The molecule has 0 aromatic heterocycles. The van der Waals surface area contributed by atoms with Crippen molar-refractivity contribution in [1.82, 2.24) is 5.32 Å². The highest BCUT2D eigenvalue weighted by atomic mass is 35.5. The maximum atomic E-state index is 6.37. The highest BCUT2D eigenvalue weighted by Gasteiger charge is 2.11. The molecule has 0 saturated carbocycles. The molecule has 0 aliphatic rings. The van der Waals surface area contributed by atoms with E-state index in [-0.39, 0.29) is 0 Å². The van der Waals surface area contributed by atoms with Crippen LogP contribution in [0.4, 0.5) is 11.4 Å². The summed E-state index contributed by atoms with van der Waals surface area (Å²) < 4.78 is 0. The van der Waals surface area contributed by atoms with Gasteiger partial charge in [0, 0.05) is 29.5 Å². The molecule has 0 saturated heterocycles. The minimum Gasteiger partial charge on any atom is -0.342 e. The summed E-state index contributed by atoms with van der Waals surface area (Å²) in [5, 5.41) is 3.94. The predicted molar refractivity (Wildman–Crippen MR) is 88.1 cm³/mol. The molecule has 0 aliphatic heterocycles. The SMILES string of the molecule is CCN(c1ccc(CNC)c(Cl)c1)c1ccccc1C. The molecule has 3 heteroatoms. The van der Waals surface area contributed by atoms with Crippen LogP contribution in [0.2, 0.25) is 5.02 Å². The van der Waals surface area contributed by atoms with Crippen molar-refractivity contribution in [2.75, 3.05) is 18.5 Å². The van der Waals surface area contributed by atoms with Gasteiger partial charge in [0.15, 0.2) is 0 Å². The van der Waals surface area contributed by atoms with E-state index in [4.69, 9.17) is 11.6 Å². The summed E-state index contributed by atoms with van der Waals surface area (Å²) in [5.41, 5.74) is 4.75. The number of hydrogen-bond acceptors (Lipinski definition) is 2. The zero-order valence-electron chi connectivity index (χ0n) is 12.3. The van der Waals surface area contributed by atoms with Gasteiger partial charge in [-0.1, -0.05) is 35.9 Å². The smallest absolute Gasteiger partial charge is 0.0471 e. The van der Waals surface area contributed by atoms with Crippen LogP contribution in [0.5, 0.6) is 0 Å². The fourth-order valence-corrected chi connectivity index (χ4v) is 2.64. The summed E-state index contributed by atoms with van der Waals surface area (Å²) in [6, 6.07) is 14.7. The van der Waals surface area contributed by atoms with Gasteiger partial charge < -0.3 is 10.2 Å². The first-order valence-electron chi connectivity index (χ1n) is 6.93. The Morgan fingerprint density at radius 2 is 1.90 bits per heavy atom. The Hall–Kier alpha value is -1.51. The molecule has 2 aromatic rings. The van der Waals surface area contributed by atoms with Crippen molar-refractivity contribution < 1.29 is 0 Å². The molecule has 2 nitrogen and oxygen atoms in total. The number of nitrogens with one attached hydrogen (secondary N) is 1. The average Bonchev–Trinajstić information content (AvgIpc) is 2.45. The quantitative estimate of drug-likeness (QED) is 0.870. The van der Waals surface area contributed by atoms with Gasteiger partial charge in [-0.3, -0.25) is 0 Å². The summed E-state index contributed by atoms with van der Waals surface area (Å²) in [5.74, 6) is 0. The Morgan fingerprint density at radius 1 is 1.15 bits per heavy atom. The lowest BCUT2D eigenvalue weighted by atomic mass is 10.1. The lowest BCUT2D eigenvalue weighted by Crippen LogP contribution is -2.17. The first-order chi connectivity index (χ1) is 9.67. The Kier molecular flexibility index (Phi) is 5.05. The summed E-state index contributed by atoms with van der Waals surface area (Å²) in [6.07, 6.45) is 0. The van der Waals surface area contributed by atoms with Crippen LogP contribution in [0.25, 0.3) is 0 Å². The van der Waals surface area contributed by atoms with Gasteiger partial charge in [-0.05, 0) is 50.2 Å². The molecule has 0 amide bonds. The number of anilines is 2. The molecular weight excluding hydrogens is 268 g/mol. The second-order valence-electron chi connectivity index (χ2n) is 4.84. The maximum Gasteiger partial charge on any atom is 0.0471 e. The van der Waals surface area contributed by atoms with E-state index in [0.717, 1.165) is 29.4 Å². The molecule has 0 radical (unpaired) electrons. The summed E-state index contributed by atoms with van der Waals surface area (Å²) in [6.45, 7) is 5.99. The van der Waals surface area contributed by atoms with Crippen LogP contribution in [0.1, 0.15) is 18.1 Å². The molecule has 0 spiro atoms. The normalized spacial score (nSPS) is 10.6. The van der Waals surface area contributed by atoms with Gasteiger partial charge in [0.2, 0.25) is 0 Å². The second kappa shape index (κ2) is 6.78. The van der Waals surface area contributed by atoms with E-state index in [1.54, 1.807) is 0 Å². The minimum atomic E-state index is 0.787. The van der Waals surface area contributed by atoms with E-state index in [2.05, 4.69) is 60.5 Å². The van der Waals surface area contributed by atoms with Crippen LogP contribution in [0.3, 0.4) is 0 Å². The molecule has 1 N–H and O–H groups in total. The van der Waals surface area contributed by atoms with Gasteiger partial charge in [0.05, 0.1) is 0 Å². The molecule has 2 aromatic carbocycles. The highest BCUT2D eigenvalue weighted by molar-refractivity contribution is 6.31. The van der Waals surface area contributed by atoms with Crippen molar-refractivity contribution >= 4 is 23.0 Å². The third-order valence-electron chi connectivity index (χ3n) is 3.44. The van der Waals surface area contributed by atoms with Crippen LogP contribution in [-0.4, -0.2) is 13.6 Å². The number of halogens is 1. The van der Waals surface area contributed by atoms with E-state index >= 15 is 0 Å². The molecule has 0 aliphatic carbocycles. The predicted octanol–water partition coefficient (Wildman–Crippen LogP) is 4.53. The van der Waals surface area contributed by atoms with Gasteiger partial charge >= 0.3 is 0 Å². The molecule has 0 atom stereocenters. The van der Waals surface area contributed by atoms with Crippen molar-refractivity contribution in [1.29, 1.82) is 0 Å². The summed E-state index contributed by atoms with van der Waals surface area (Å²) in [4.78, 5) is 2.28. The summed E-state index contributed by atoms with van der Waals surface area (Å²) >= 11 is 6.37. The Morgan fingerprint density at radius 3 is 2.50 bits per heavy atom. The number of hydrogen-bond donors (Lipinski definition) is 1. The van der Waals surface area contributed by atoms with Crippen LogP contribution in [-0.2, 0) is 6.54 Å². The molecule has 2 rings (SSSR count). The lowest BCUT2D eigenvalue weighted by molar-refractivity contribution is 0.818. The Balaban J connectivity index is 2.38. The molecular formula is C17H21ClN2. The molecule has 0 fully saturated rings. The zero-order chi connectivity index (χ0) is 14.5. The summed E-state index contributed by atoms with van der Waals surface area (Å²) in [7, 11) is 1.93. The van der Waals surface area contributed by atoms with Gasteiger partial charge in [-0.15, -0.1) is 0 Å². The molecule has 0 unspecified atom stereocenters. The van der Waals surface area contributed by atoms with Crippen molar-refractivity contribution in [3.05, 3.63) is 58.6 Å². The van der Waals surface area contributed by atoms with Crippen LogP contribution in [0, 0.1) is 6.92 Å². The van der Waals surface area contributed by atoms with Crippen LogP contribution >= 0.6 is 11.6 Å². The number of benzene rings is 2. The van der Waals surface area contributed by atoms with Crippen LogP contribution < -0.4 is 10.2 Å². The van der Waals surface area contributed by atoms with Gasteiger partial charge in [0.1, 0.15) is 0 Å². The fraction of sp³-hybridized carbons (Fsp3) is 0.294. The monoisotopic (exact) mass is 288 g/mol. The van der Waals surface area contributed by atoms with Crippen molar-refractivity contribution in [2.24, 2.45) is 0 Å². The fourth-order valence-electron chi connectivity index (χ4n) is 2.40. The standard InChI is InChI=1S/C17H21ClN2/c1-4-20(17-8-6-5-7-13(17)2)15-10-9-14(12-19-3)16(18)11-15/h5-11,19H,4,12H2,1-3H3. The van der Waals surface area contributed by atoms with Crippen molar-refractivity contribution in [2.45, 2.75) is 20.4 Å². The van der Waals surface area contributed by atoms with Gasteiger partial charge in [0.25, 0.3) is 0 Å². The Labute approximate surface area is 126 Å². The number of para-hydroxylation sites is 1. The highest BCUT2D eigenvalue weighted by Crippen LogP contribution is 2.31. The zero-order valence-corrected chi connectivity index (χ0v) is 13.0. The maximum absolute atomic E-state index is 6.37. The van der Waals surface area contributed by atoms with E-state index in [9.17, 15) is 0 Å². The first kappa shape index (κ1) is 14.9. The lowest BCUT2D eigenvalue weighted by Gasteiger charge is -2.25. The number of rotatable bonds is 5. The van der Waals surface area contributed by atoms with Gasteiger partial charge in [-0.2, -0.15) is 0 Å². The Bertz CT molecular complexity index is 581. The third-order valence-corrected chi connectivity index (χ3v) is 3.79. The van der Waals surface area contributed by atoms with Gasteiger partial charge in [-0.25, -0.2) is 0 Å². The number of nitrogens with zero attached hydrogens (tertiary/aromatic N) is 1. The van der Waals surface area contributed by atoms with E-state index in [0.29, 0.717) is 0 Å². The van der Waals surface area contributed by atoms with Crippen molar-refractivity contribution in [3.8, 4) is 0 Å². The molecule has 0 heterocycles. The molecule has 0 bridgehead atoms. The first-order valence-corrected chi connectivity index (χ1v) is 7.31. The minimum absolute atomic E-state index is 0.787. The second-order valence-corrected chi connectivity index (χ2v) is 5.24. The van der Waals surface area contributed by atoms with E-state index in [1.165, 1.54) is 11.3 Å². The number of aryl methyl sites for hydroxylation is 1. The largest absolute Gasteiger partial charge is 0.342 e. The van der Waals surface area contributed by atoms with Crippen LogP contribution in [0.15, 0.2) is 42.5 Å².